The number of carboxylic acid groups (broad SMARTS) is 1. The second-order valence-electron chi connectivity index (χ2n) is 4.73. The van der Waals surface area contributed by atoms with Gasteiger partial charge in [0.15, 0.2) is 0 Å². The molecular weight excluding hydrogens is 344 g/mol. The molecule has 0 heterocycles. The van der Waals surface area contributed by atoms with Crippen molar-refractivity contribution in [3.05, 3.63) is 0 Å². The molecule has 3 heteroatoms. The van der Waals surface area contributed by atoms with E-state index in [0.717, 1.165) is 32.1 Å². The Morgan fingerprint density at radius 1 is 0.882 bits per heavy atom. The first kappa shape index (κ1) is 20.1. The van der Waals surface area contributed by atoms with E-state index >= 15 is 0 Å². The van der Waals surface area contributed by atoms with Gasteiger partial charge < -0.3 is 5.11 Å². The third-order valence-electron chi connectivity index (χ3n) is 3.16. The van der Waals surface area contributed by atoms with Crippen LogP contribution in [-0.2, 0) is 4.79 Å². The van der Waals surface area contributed by atoms with Crippen LogP contribution in [0.25, 0.3) is 0 Å². The molecule has 2 nitrogen and oxygen atoms in total. The number of hydrogen-bond acceptors (Lipinski definition) is 1. The molecule has 0 aromatic carbocycles. The number of carbonyl (C=O) groups is 1. The first-order valence-corrected chi connectivity index (χ1v) is 6.95. The Hall–Kier alpha value is 0.821. The molecular formula is C14H28NdO2. The van der Waals surface area contributed by atoms with Gasteiger partial charge in [0.25, 0.3) is 0 Å². The van der Waals surface area contributed by atoms with Crippen LogP contribution in [0.15, 0.2) is 0 Å². The molecule has 17 heavy (non-hydrogen) atoms. The average Bonchev–Trinajstić information content (AvgIpc) is 2.26. The molecule has 1 N–H and O–H groups in total. The van der Waals surface area contributed by atoms with Gasteiger partial charge in [-0.25, -0.2) is 0 Å². The number of unbranched alkanes of at least 4 members (excludes halogenated alkanes) is 6. The van der Waals surface area contributed by atoms with Gasteiger partial charge in [0, 0.05) is 40.8 Å². The van der Waals surface area contributed by atoms with Crippen molar-refractivity contribution in [2.75, 3.05) is 0 Å². The van der Waals surface area contributed by atoms with Crippen molar-refractivity contribution < 1.29 is 50.7 Å². The Bertz CT molecular complexity index is 172. The monoisotopic (exact) mass is 370 g/mol. The van der Waals surface area contributed by atoms with E-state index in [1.54, 1.807) is 0 Å². The zero-order valence-corrected chi connectivity index (χ0v) is 14.7. The zero-order valence-electron chi connectivity index (χ0n) is 11.5. The summed E-state index contributed by atoms with van der Waals surface area (Å²) in [5.74, 6) is -0.687. The van der Waals surface area contributed by atoms with E-state index in [1.165, 1.54) is 32.1 Å². The molecule has 0 aliphatic heterocycles. The van der Waals surface area contributed by atoms with E-state index < -0.39 is 5.97 Å². The Morgan fingerprint density at radius 3 is 1.88 bits per heavy atom. The summed E-state index contributed by atoms with van der Waals surface area (Å²) in [5, 5.41) is 9.04. The fourth-order valence-corrected chi connectivity index (χ4v) is 2.01. The molecule has 0 aromatic heterocycles. The van der Waals surface area contributed by atoms with Gasteiger partial charge in [-0.05, 0) is 12.8 Å². The molecule has 0 saturated heterocycles. The topological polar surface area (TPSA) is 37.3 Å². The Morgan fingerprint density at radius 2 is 1.35 bits per heavy atom. The summed E-state index contributed by atoms with van der Waals surface area (Å²) >= 11 is 0. The largest absolute Gasteiger partial charge is 0.481 e. The van der Waals surface area contributed by atoms with Crippen LogP contribution in [0.3, 0.4) is 0 Å². The van der Waals surface area contributed by atoms with Crippen LogP contribution in [0.2, 0.25) is 0 Å². The van der Waals surface area contributed by atoms with E-state index in [0.29, 0.717) is 0 Å². The molecule has 0 aromatic rings. The Labute approximate surface area is 139 Å². The molecule has 0 aliphatic carbocycles. The summed E-state index contributed by atoms with van der Waals surface area (Å²) in [6.45, 7) is 4.33. The van der Waals surface area contributed by atoms with Crippen molar-refractivity contribution in [3.8, 4) is 0 Å². The van der Waals surface area contributed by atoms with Crippen LogP contribution in [0, 0.1) is 46.8 Å². The van der Waals surface area contributed by atoms with Gasteiger partial charge in [-0.2, -0.15) is 0 Å². The van der Waals surface area contributed by atoms with E-state index in [9.17, 15) is 4.79 Å². The van der Waals surface area contributed by atoms with Gasteiger partial charge >= 0.3 is 5.97 Å². The molecule has 0 amide bonds. The van der Waals surface area contributed by atoms with Crippen LogP contribution in [0.1, 0.15) is 78.1 Å². The van der Waals surface area contributed by atoms with Gasteiger partial charge in [0.1, 0.15) is 0 Å². The number of carboxylic acids is 1. The summed E-state index contributed by atoms with van der Waals surface area (Å²) in [6, 6.07) is 0. The van der Waals surface area contributed by atoms with Gasteiger partial charge in [-0.3, -0.25) is 4.79 Å². The van der Waals surface area contributed by atoms with Crippen LogP contribution in [0.4, 0.5) is 0 Å². The zero-order chi connectivity index (χ0) is 12.2. The SMILES string of the molecule is CCCCCCCCC(CCCC)C(=O)O.[Nd]. The predicted octanol–water partition coefficient (Wildman–Crippen LogP) is 4.63. The fourth-order valence-electron chi connectivity index (χ4n) is 2.01. The molecule has 1 unspecified atom stereocenters. The van der Waals surface area contributed by atoms with Gasteiger partial charge in [0.2, 0.25) is 0 Å². The Kier molecular flexibility index (Phi) is 17.6. The minimum Gasteiger partial charge on any atom is -0.481 e. The molecule has 0 rings (SSSR count). The molecule has 0 bridgehead atoms. The molecule has 0 saturated carbocycles. The molecule has 0 fully saturated rings. The van der Waals surface area contributed by atoms with Crippen LogP contribution < -0.4 is 0 Å². The molecule has 0 aliphatic rings. The van der Waals surface area contributed by atoms with Crippen molar-refractivity contribution >= 4 is 5.97 Å². The van der Waals surface area contributed by atoms with Crippen molar-refractivity contribution in [2.45, 2.75) is 78.1 Å². The van der Waals surface area contributed by atoms with Crippen LogP contribution in [-0.4, -0.2) is 11.1 Å². The second kappa shape index (κ2) is 14.9. The van der Waals surface area contributed by atoms with E-state index in [4.69, 9.17) is 5.11 Å². The number of hydrogen-bond donors (Lipinski definition) is 1. The molecule has 100 valence electrons. The van der Waals surface area contributed by atoms with E-state index in [-0.39, 0.29) is 46.8 Å². The average molecular weight is 373 g/mol. The summed E-state index contributed by atoms with van der Waals surface area (Å²) in [6.07, 6.45) is 11.3. The third kappa shape index (κ3) is 13.1. The van der Waals surface area contributed by atoms with Crippen LogP contribution in [0.5, 0.6) is 0 Å². The maximum Gasteiger partial charge on any atom is 0.306 e. The van der Waals surface area contributed by atoms with Crippen molar-refractivity contribution in [3.63, 3.8) is 0 Å². The minimum absolute atomic E-state index is 0. The maximum atomic E-state index is 11.0. The summed E-state index contributed by atoms with van der Waals surface area (Å²) < 4.78 is 0. The van der Waals surface area contributed by atoms with Gasteiger partial charge in [0.05, 0.1) is 5.92 Å². The summed E-state index contributed by atoms with van der Waals surface area (Å²) in [7, 11) is 0. The summed E-state index contributed by atoms with van der Waals surface area (Å²) in [4.78, 5) is 11.0. The predicted molar refractivity (Wildman–Crippen MR) is 68.6 cm³/mol. The van der Waals surface area contributed by atoms with Crippen molar-refractivity contribution in [1.82, 2.24) is 0 Å². The van der Waals surface area contributed by atoms with E-state index in [1.807, 2.05) is 0 Å². The van der Waals surface area contributed by atoms with Gasteiger partial charge in [-0.15, -0.1) is 0 Å². The smallest absolute Gasteiger partial charge is 0.306 e. The molecule has 1 atom stereocenters. The standard InChI is InChI=1S/C14H28O2.Nd/c1-3-5-7-8-9-10-12-13(14(15)16)11-6-4-2;/h13H,3-12H2,1-2H3,(H,15,16);. The van der Waals surface area contributed by atoms with Crippen molar-refractivity contribution in [2.24, 2.45) is 5.92 Å². The minimum atomic E-state index is -0.595. The van der Waals surface area contributed by atoms with E-state index in [2.05, 4.69) is 13.8 Å². The summed E-state index contributed by atoms with van der Waals surface area (Å²) in [5.41, 5.74) is 0. The van der Waals surface area contributed by atoms with Crippen LogP contribution >= 0.6 is 0 Å². The third-order valence-corrected chi connectivity index (χ3v) is 3.16. The first-order valence-electron chi connectivity index (χ1n) is 6.95. The maximum absolute atomic E-state index is 11.0. The number of aliphatic carboxylic acids is 1. The van der Waals surface area contributed by atoms with Crippen molar-refractivity contribution in [1.29, 1.82) is 0 Å². The second-order valence-corrected chi connectivity index (χ2v) is 4.73. The fraction of sp³-hybridized carbons (Fsp3) is 0.929. The normalized spacial score (nSPS) is 11.9. The molecule has 0 radical (unpaired) electrons. The number of rotatable bonds is 11. The molecule has 0 spiro atoms. The quantitative estimate of drug-likeness (QED) is 0.537. The first-order chi connectivity index (χ1) is 7.72. The Balaban J connectivity index is 0. The van der Waals surface area contributed by atoms with Gasteiger partial charge in [-0.1, -0.05) is 65.2 Å².